The normalized spacial score (nSPS) is 10.0. The molecule has 24 heavy (non-hydrogen) atoms. The molecule has 1 heterocycles. The van der Waals surface area contributed by atoms with E-state index in [1.807, 2.05) is 12.3 Å². The van der Waals surface area contributed by atoms with Crippen LogP contribution in [0.3, 0.4) is 0 Å². The Bertz CT molecular complexity index is 742. The molecule has 3 N–H and O–H groups in total. The van der Waals surface area contributed by atoms with Crippen LogP contribution in [0.15, 0.2) is 29.6 Å². The maximum atomic E-state index is 11.8. The van der Waals surface area contributed by atoms with E-state index in [0.29, 0.717) is 12.4 Å². The molecular formula is C15H15N3O5S. The van der Waals surface area contributed by atoms with Gasteiger partial charge >= 0.3 is 12.0 Å². The molecule has 0 aliphatic rings. The minimum Gasteiger partial charge on any atom is -0.487 e. The summed E-state index contributed by atoms with van der Waals surface area (Å²) in [5.74, 6) is -0.922. The van der Waals surface area contributed by atoms with Gasteiger partial charge in [0.05, 0.1) is 16.3 Å². The van der Waals surface area contributed by atoms with Crippen molar-refractivity contribution in [1.82, 2.24) is 10.3 Å². The Morgan fingerprint density at radius 2 is 1.96 bits per heavy atom. The predicted molar refractivity (Wildman–Crippen MR) is 85.6 cm³/mol. The number of thiazole rings is 1. The van der Waals surface area contributed by atoms with Crippen molar-refractivity contribution in [2.24, 2.45) is 5.73 Å². The van der Waals surface area contributed by atoms with Crippen LogP contribution in [0.5, 0.6) is 5.75 Å². The van der Waals surface area contributed by atoms with E-state index in [9.17, 15) is 14.4 Å². The van der Waals surface area contributed by atoms with E-state index < -0.39 is 24.5 Å². The van der Waals surface area contributed by atoms with Gasteiger partial charge in [-0.1, -0.05) is 0 Å². The number of urea groups is 1. The lowest BCUT2D eigenvalue weighted by molar-refractivity contribution is -0.123. The van der Waals surface area contributed by atoms with Crippen molar-refractivity contribution in [2.45, 2.75) is 13.5 Å². The molecule has 3 amide bonds. The van der Waals surface area contributed by atoms with E-state index in [2.05, 4.69) is 4.98 Å². The van der Waals surface area contributed by atoms with Crippen LogP contribution in [0.1, 0.15) is 21.1 Å². The summed E-state index contributed by atoms with van der Waals surface area (Å²) in [4.78, 5) is 37.7. The number of carbonyl (C=O) groups is 3. The summed E-state index contributed by atoms with van der Waals surface area (Å²) >= 11 is 1.54. The maximum absolute atomic E-state index is 11.8. The van der Waals surface area contributed by atoms with Gasteiger partial charge in [-0.25, -0.2) is 14.6 Å². The summed E-state index contributed by atoms with van der Waals surface area (Å²) in [7, 11) is 0. The fourth-order valence-corrected chi connectivity index (χ4v) is 2.30. The standard InChI is InChI=1S/C15H15N3O5S/c1-9-17-11(8-24-9)6-22-12-4-2-10(3-5-12)14(20)23-7-13(19)18-15(16)21/h2-5,8H,6-7H2,1H3,(H3,16,18,19,21). The summed E-state index contributed by atoms with van der Waals surface area (Å²) in [6, 6.07) is 5.23. The SMILES string of the molecule is Cc1nc(COc2ccc(C(=O)OCC(=O)NC(N)=O)cc2)cs1. The first-order valence-corrected chi connectivity index (χ1v) is 7.72. The molecule has 9 heteroatoms. The number of aryl methyl sites for hydroxylation is 1. The lowest BCUT2D eigenvalue weighted by Gasteiger charge is -2.06. The molecule has 1 aromatic carbocycles. The molecule has 0 saturated carbocycles. The van der Waals surface area contributed by atoms with Gasteiger partial charge in [-0.2, -0.15) is 0 Å². The number of hydrogen-bond acceptors (Lipinski definition) is 7. The Morgan fingerprint density at radius 3 is 2.54 bits per heavy atom. The van der Waals surface area contributed by atoms with Crippen LogP contribution in [-0.4, -0.2) is 29.5 Å². The van der Waals surface area contributed by atoms with E-state index in [-0.39, 0.29) is 5.56 Å². The third-order valence-electron chi connectivity index (χ3n) is 2.74. The van der Waals surface area contributed by atoms with Gasteiger partial charge in [0.2, 0.25) is 0 Å². The molecule has 0 atom stereocenters. The topological polar surface area (TPSA) is 121 Å². The second kappa shape index (κ2) is 8.06. The minimum atomic E-state index is -1.01. The van der Waals surface area contributed by atoms with E-state index in [1.165, 1.54) is 12.1 Å². The van der Waals surface area contributed by atoms with Gasteiger partial charge in [-0.3, -0.25) is 10.1 Å². The van der Waals surface area contributed by atoms with Crippen molar-refractivity contribution < 1.29 is 23.9 Å². The Balaban J connectivity index is 1.83. The van der Waals surface area contributed by atoms with Crippen molar-refractivity contribution in [3.8, 4) is 5.75 Å². The monoisotopic (exact) mass is 349 g/mol. The highest BCUT2D eigenvalue weighted by atomic mass is 32.1. The fraction of sp³-hybridized carbons (Fsp3) is 0.200. The van der Waals surface area contributed by atoms with Crippen LogP contribution in [0.25, 0.3) is 0 Å². The van der Waals surface area contributed by atoms with Crippen molar-refractivity contribution in [3.05, 3.63) is 45.9 Å². The molecule has 0 bridgehead atoms. The van der Waals surface area contributed by atoms with Crippen LogP contribution < -0.4 is 15.8 Å². The molecule has 0 spiro atoms. The third-order valence-corrected chi connectivity index (χ3v) is 3.56. The number of nitrogens with one attached hydrogen (secondary N) is 1. The smallest absolute Gasteiger partial charge is 0.338 e. The Kier molecular flexibility index (Phi) is 5.85. The molecule has 1 aromatic heterocycles. The number of amides is 3. The molecule has 0 fully saturated rings. The number of esters is 1. The summed E-state index contributed by atoms with van der Waals surface area (Å²) in [6.45, 7) is 1.66. The molecule has 0 radical (unpaired) electrons. The number of ether oxygens (including phenoxy) is 2. The van der Waals surface area contributed by atoms with Crippen LogP contribution in [0, 0.1) is 6.92 Å². The highest BCUT2D eigenvalue weighted by molar-refractivity contribution is 7.09. The minimum absolute atomic E-state index is 0.249. The van der Waals surface area contributed by atoms with Gasteiger partial charge in [0.15, 0.2) is 6.61 Å². The molecule has 0 aliphatic heterocycles. The summed E-state index contributed by atoms with van der Waals surface area (Å²) in [6.07, 6.45) is 0. The molecule has 2 aromatic rings. The number of rotatable bonds is 6. The predicted octanol–water partition coefficient (Wildman–Crippen LogP) is 1.38. The largest absolute Gasteiger partial charge is 0.487 e. The summed E-state index contributed by atoms with van der Waals surface area (Å²) < 4.78 is 10.3. The zero-order chi connectivity index (χ0) is 17.5. The maximum Gasteiger partial charge on any atom is 0.338 e. The van der Waals surface area contributed by atoms with Crippen LogP contribution >= 0.6 is 11.3 Å². The van der Waals surface area contributed by atoms with Crippen molar-refractivity contribution in [3.63, 3.8) is 0 Å². The van der Waals surface area contributed by atoms with Crippen LogP contribution in [-0.2, 0) is 16.1 Å². The Labute approximate surface area is 141 Å². The zero-order valence-electron chi connectivity index (χ0n) is 12.8. The number of carbonyl (C=O) groups excluding carboxylic acids is 3. The number of primary amides is 1. The number of aromatic nitrogens is 1. The number of hydrogen-bond donors (Lipinski definition) is 2. The lowest BCUT2D eigenvalue weighted by Crippen LogP contribution is -2.37. The first-order valence-electron chi connectivity index (χ1n) is 6.84. The number of benzene rings is 1. The molecule has 0 unspecified atom stereocenters. The van der Waals surface area contributed by atoms with Crippen LogP contribution in [0.2, 0.25) is 0 Å². The zero-order valence-corrected chi connectivity index (χ0v) is 13.6. The quantitative estimate of drug-likeness (QED) is 0.760. The van der Waals surface area contributed by atoms with Gasteiger partial charge in [-0.15, -0.1) is 11.3 Å². The molecule has 2 rings (SSSR count). The molecule has 0 aliphatic carbocycles. The summed E-state index contributed by atoms with van der Waals surface area (Å²) in [5.41, 5.74) is 5.85. The molecule has 126 valence electrons. The first-order chi connectivity index (χ1) is 11.4. The Morgan fingerprint density at radius 1 is 1.25 bits per heavy atom. The number of nitrogens with two attached hydrogens (primary N) is 1. The van der Waals surface area contributed by atoms with E-state index >= 15 is 0 Å². The molecule has 8 nitrogen and oxygen atoms in total. The second-order valence-corrected chi connectivity index (χ2v) is 5.72. The second-order valence-electron chi connectivity index (χ2n) is 4.66. The number of imide groups is 1. The van der Waals surface area contributed by atoms with Gasteiger partial charge < -0.3 is 15.2 Å². The van der Waals surface area contributed by atoms with Gasteiger partial charge in [0, 0.05) is 5.38 Å². The molecular weight excluding hydrogens is 334 g/mol. The Hall–Kier alpha value is -2.94. The highest BCUT2D eigenvalue weighted by Gasteiger charge is 2.11. The summed E-state index contributed by atoms with van der Waals surface area (Å²) in [5, 5.41) is 4.67. The van der Waals surface area contributed by atoms with E-state index in [4.69, 9.17) is 15.2 Å². The molecule has 0 saturated heterocycles. The lowest BCUT2D eigenvalue weighted by atomic mass is 10.2. The van der Waals surface area contributed by atoms with Crippen LogP contribution in [0.4, 0.5) is 4.79 Å². The fourth-order valence-electron chi connectivity index (χ4n) is 1.71. The third kappa shape index (κ3) is 5.36. The van der Waals surface area contributed by atoms with Gasteiger partial charge in [-0.05, 0) is 31.2 Å². The van der Waals surface area contributed by atoms with Crippen molar-refractivity contribution in [1.29, 1.82) is 0 Å². The van der Waals surface area contributed by atoms with Crippen molar-refractivity contribution >= 4 is 29.2 Å². The van der Waals surface area contributed by atoms with E-state index in [1.54, 1.807) is 28.8 Å². The number of nitrogens with zero attached hydrogens (tertiary/aromatic N) is 1. The van der Waals surface area contributed by atoms with Gasteiger partial charge in [0.25, 0.3) is 5.91 Å². The van der Waals surface area contributed by atoms with E-state index in [0.717, 1.165) is 10.7 Å². The van der Waals surface area contributed by atoms with Crippen molar-refractivity contribution in [2.75, 3.05) is 6.61 Å². The van der Waals surface area contributed by atoms with Gasteiger partial charge in [0.1, 0.15) is 12.4 Å². The highest BCUT2D eigenvalue weighted by Crippen LogP contribution is 2.16. The average molecular weight is 349 g/mol. The average Bonchev–Trinajstić information content (AvgIpc) is 2.96. The first kappa shape index (κ1) is 17.4.